The molecule has 0 bridgehead atoms. The molecule has 10 heteroatoms. The maximum atomic E-state index is 13.4. The second kappa shape index (κ2) is 12.0. The van der Waals surface area contributed by atoms with E-state index in [0.29, 0.717) is 0 Å². The highest BCUT2D eigenvalue weighted by Gasteiger charge is 2.29. The summed E-state index contributed by atoms with van der Waals surface area (Å²) in [5.41, 5.74) is -0.885. The number of esters is 1. The van der Waals surface area contributed by atoms with Crippen molar-refractivity contribution in [3.63, 3.8) is 0 Å². The predicted octanol–water partition coefficient (Wildman–Crippen LogP) is 6.20. The summed E-state index contributed by atoms with van der Waals surface area (Å²) in [5.74, 6) is -3.72. The summed E-state index contributed by atoms with van der Waals surface area (Å²) in [6.45, 7) is 6.61. The van der Waals surface area contributed by atoms with Gasteiger partial charge in [0.15, 0.2) is 0 Å². The van der Waals surface area contributed by atoms with Gasteiger partial charge < -0.3 is 9.47 Å². The molecule has 2 aromatic carbocycles. The second-order valence-corrected chi connectivity index (χ2v) is 9.63. The molecule has 1 atom stereocenters. The van der Waals surface area contributed by atoms with Gasteiger partial charge in [0.1, 0.15) is 5.60 Å². The molecule has 0 radical (unpaired) electrons. The number of Topliss-reactive ketones (excluding diaryl/α,β-unsaturated/α-hetero) is 1. The molecular formula is C28H30F2N2O6. The SMILES string of the molecule is CCOC(=O)C(CCC(F)F)c1ccc(NC(=O)OC(C)(C)C)c(C(=O)C(=O)n2cc3ccccc3c2)c1. The number of ketones is 1. The molecule has 0 saturated carbocycles. The van der Waals surface area contributed by atoms with Crippen molar-refractivity contribution in [2.24, 2.45) is 0 Å². The third kappa shape index (κ3) is 7.24. The quantitative estimate of drug-likeness (QED) is 0.201. The first-order chi connectivity index (χ1) is 17.9. The molecule has 0 aliphatic carbocycles. The van der Waals surface area contributed by atoms with Crippen molar-refractivity contribution in [1.82, 2.24) is 4.57 Å². The number of fused-ring (bicyclic) bond motifs is 1. The number of aromatic nitrogens is 1. The predicted molar refractivity (Wildman–Crippen MR) is 138 cm³/mol. The third-order valence-electron chi connectivity index (χ3n) is 5.55. The number of hydrogen-bond acceptors (Lipinski definition) is 6. The summed E-state index contributed by atoms with van der Waals surface area (Å²) in [6, 6.07) is 11.2. The lowest BCUT2D eigenvalue weighted by Crippen LogP contribution is -2.29. The number of hydrogen-bond donors (Lipinski definition) is 1. The van der Waals surface area contributed by atoms with Gasteiger partial charge in [-0.2, -0.15) is 0 Å². The Bertz CT molecular complexity index is 1310. The van der Waals surface area contributed by atoms with E-state index in [1.54, 1.807) is 52.0 Å². The van der Waals surface area contributed by atoms with E-state index in [0.717, 1.165) is 15.3 Å². The van der Waals surface area contributed by atoms with Gasteiger partial charge in [-0.3, -0.25) is 24.3 Å². The number of carbonyl (C=O) groups is 4. The number of rotatable bonds is 9. The van der Waals surface area contributed by atoms with Gasteiger partial charge in [0.25, 0.3) is 5.78 Å². The molecule has 0 spiro atoms. The Morgan fingerprint density at radius 1 is 0.974 bits per heavy atom. The largest absolute Gasteiger partial charge is 0.466 e. The fourth-order valence-corrected chi connectivity index (χ4v) is 3.88. The Balaban J connectivity index is 2.04. The molecule has 1 amide bonds. The molecule has 38 heavy (non-hydrogen) atoms. The van der Waals surface area contributed by atoms with Crippen LogP contribution in [0.2, 0.25) is 0 Å². The molecule has 0 fully saturated rings. The van der Waals surface area contributed by atoms with Crippen molar-refractivity contribution in [3.8, 4) is 0 Å². The lowest BCUT2D eigenvalue weighted by Gasteiger charge is -2.21. The summed E-state index contributed by atoms with van der Waals surface area (Å²) in [4.78, 5) is 51.7. The zero-order chi connectivity index (χ0) is 28.0. The Morgan fingerprint density at radius 3 is 2.16 bits per heavy atom. The van der Waals surface area contributed by atoms with Crippen LogP contribution < -0.4 is 5.32 Å². The smallest absolute Gasteiger partial charge is 0.412 e. The number of benzene rings is 2. The van der Waals surface area contributed by atoms with Gasteiger partial charge in [-0.05, 0) is 62.6 Å². The molecule has 1 unspecified atom stereocenters. The molecule has 202 valence electrons. The second-order valence-electron chi connectivity index (χ2n) is 9.63. The molecule has 0 aliphatic rings. The average Bonchev–Trinajstić information content (AvgIpc) is 3.27. The number of alkyl halides is 2. The average molecular weight is 529 g/mol. The van der Waals surface area contributed by atoms with Crippen LogP contribution in [0.4, 0.5) is 19.3 Å². The van der Waals surface area contributed by atoms with Crippen LogP contribution in [0.25, 0.3) is 10.8 Å². The van der Waals surface area contributed by atoms with E-state index in [1.165, 1.54) is 30.6 Å². The van der Waals surface area contributed by atoms with Crippen LogP contribution in [0.1, 0.15) is 67.2 Å². The van der Waals surface area contributed by atoms with E-state index in [1.807, 2.05) is 0 Å². The van der Waals surface area contributed by atoms with Gasteiger partial charge in [-0.25, -0.2) is 13.6 Å². The standard InChI is InChI=1S/C28H30F2N2O6/c1-5-37-26(35)20(11-13-23(29)30)17-10-12-22(31-27(36)38-28(2,3)4)21(14-17)24(33)25(34)32-15-18-8-6-7-9-19(18)16-32/h6-10,12,14-16,20,23H,5,11,13H2,1-4H3,(H,31,36). The van der Waals surface area contributed by atoms with Crippen LogP contribution in [0.5, 0.6) is 0 Å². The van der Waals surface area contributed by atoms with Crippen LogP contribution in [-0.2, 0) is 14.3 Å². The van der Waals surface area contributed by atoms with Crippen molar-refractivity contribution in [2.75, 3.05) is 11.9 Å². The van der Waals surface area contributed by atoms with Crippen molar-refractivity contribution in [3.05, 3.63) is 66.0 Å². The highest BCUT2D eigenvalue weighted by molar-refractivity contribution is 6.45. The normalized spacial score (nSPS) is 12.3. The monoisotopic (exact) mass is 528 g/mol. The van der Waals surface area contributed by atoms with Crippen LogP contribution in [0.15, 0.2) is 54.9 Å². The number of nitrogens with zero attached hydrogens (tertiary/aromatic N) is 1. The van der Waals surface area contributed by atoms with Gasteiger partial charge in [0, 0.05) is 18.8 Å². The molecule has 0 saturated heterocycles. The number of anilines is 1. The Hall–Kier alpha value is -4.08. The fraction of sp³-hybridized carbons (Fsp3) is 0.357. The van der Waals surface area contributed by atoms with E-state index in [4.69, 9.17) is 9.47 Å². The summed E-state index contributed by atoms with van der Waals surface area (Å²) in [6.07, 6.45) is -1.31. The molecule has 0 aliphatic heterocycles. The minimum absolute atomic E-state index is 0.0328. The molecular weight excluding hydrogens is 498 g/mol. The highest BCUT2D eigenvalue weighted by Crippen LogP contribution is 2.30. The molecule has 3 aromatic rings. The Morgan fingerprint density at radius 2 is 1.61 bits per heavy atom. The highest BCUT2D eigenvalue weighted by atomic mass is 19.3. The Labute approximate surface area is 218 Å². The van der Waals surface area contributed by atoms with Crippen LogP contribution in [-0.4, -0.2) is 47.0 Å². The molecule has 8 nitrogen and oxygen atoms in total. The van der Waals surface area contributed by atoms with E-state index in [2.05, 4.69) is 5.32 Å². The van der Waals surface area contributed by atoms with Crippen molar-refractivity contribution < 1.29 is 37.4 Å². The maximum absolute atomic E-state index is 13.4. The van der Waals surface area contributed by atoms with Crippen molar-refractivity contribution in [1.29, 1.82) is 0 Å². The first-order valence-electron chi connectivity index (χ1n) is 12.1. The summed E-state index contributed by atoms with van der Waals surface area (Å²) >= 11 is 0. The van der Waals surface area contributed by atoms with Crippen LogP contribution >= 0.6 is 0 Å². The molecule has 3 rings (SSSR count). The number of halogens is 2. The Kier molecular flexibility index (Phi) is 8.98. The fourth-order valence-electron chi connectivity index (χ4n) is 3.88. The topological polar surface area (TPSA) is 104 Å². The zero-order valence-electron chi connectivity index (χ0n) is 21.6. The maximum Gasteiger partial charge on any atom is 0.412 e. The van der Waals surface area contributed by atoms with Gasteiger partial charge in [-0.1, -0.05) is 30.3 Å². The summed E-state index contributed by atoms with van der Waals surface area (Å²) in [7, 11) is 0. The minimum atomic E-state index is -2.65. The first kappa shape index (κ1) is 28.5. The van der Waals surface area contributed by atoms with Crippen molar-refractivity contribution in [2.45, 2.75) is 58.5 Å². The van der Waals surface area contributed by atoms with Crippen LogP contribution in [0, 0.1) is 0 Å². The molecule has 1 aromatic heterocycles. The third-order valence-corrected chi connectivity index (χ3v) is 5.55. The lowest BCUT2D eigenvalue weighted by molar-refractivity contribution is -0.145. The van der Waals surface area contributed by atoms with E-state index in [9.17, 15) is 28.0 Å². The number of ether oxygens (including phenoxy) is 2. The summed E-state index contributed by atoms with van der Waals surface area (Å²) < 4.78 is 37.4. The zero-order valence-corrected chi connectivity index (χ0v) is 21.6. The number of amides is 1. The van der Waals surface area contributed by atoms with Gasteiger partial charge in [-0.15, -0.1) is 0 Å². The van der Waals surface area contributed by atoms with Gasteiger partial charge in [0.05, 0.1) is 23.8 Å². The van der Waals surface area contributed by atoms with Gasteiger partial charge in [0.2, 0.25) is 6.43 Å². The van der Waals surface area contributed by atoms with Gasteiger partial charge >= 0.3 is 18.0 Å². The molecule has 1 heterocycles. The summed E-state index contributed by atoms with van der Waals surface area (Å²) in [5, 5.41) is 3.95. The van der Waals surface area contributed by atoms with Crippen molar-refractivity contribution >= 4 is 40.2 Å². The minimum Gasteiger partial charge on any atom is -0.466 e. The van der Waals surface area contributed by atoms with E-state index >= 15 is 0 Å². The number of carbonyl (C=O) groups excluding carboxylic acids is 4. The van der Waals surface area contributed by atoms with E-state index in [-0.39, 0.29) is 29.8 Å². The lowest BCUT2D eigenvalue weighted by atomic mass is 9.91. The molecule has 1 N–H and O–H groups in total. The number of nitrogens with one attached hydrogen (secondary N) is 1. The van der Waals surface area contributed by atoms with Crippen LogP contribution in [0.3, 0.4) is 0 Å². The first-order valence-corrected chi connectivity index (χ1v) is 12.1. The van der Waals surface area contributed by atoms with E-state index < -0.39 is 48.1 Å².